The molecular formula is C16H29NO. The maximum Gasteiger partial charge on any atom is 0.0730 e. The van der Waals surface area contributed by atoms with Gasteiger partial charge in [0.2, 0.25) is 0 Å². The Morgan fingerprint density at radius 3 is 2.72 bits per heavy atom. The molecule has 2 heteroatoms. The summed E-state index contributed by atoms with van der Waals surface area (Å²) in [5, 5.41) is 3.84. The monoisotopic (exact) mass is 251 g/mol. The van der Waals surface area contributed by atoms with Gasteiger partial charge in [-0.15, -0.1) is 0 Å². The van der Waals surface area contributed by atoms with Gasteiger partial charge in [0.25, 0.3) is 0 Å². The van der Waals surface area contributed by atoms with Crippen LogP contribution in [0.3, 0.4) is 0 Å². The van der Waals surface area contributed by atoms with E-state index >= 15 is 0 Å². The van der Waals surface area contributed by atoms with Crippen molar-refractivity contribution < 1.29 is 4.74 Å². The molecule has 0 amide bonds. The number of nitrogens with one attached hydrogen (secondary N) is 1. The van der Waals surface area contributed by atoms with E-state index in [1.165, 1.54) is 57.9 Å². The van der Waals surface area contributed by atoms with Crippen LogP contribution in [0, 0.1) is 17.8 Å². The van der Waals surface area contributed by atoms with Crippen molar-refractivity contribution in [1.82, 2.24) is 5.32 Å². The van der Waals surface area contributed by atoms with Crippen molar-refractivity contribution in [1.29, 1.82) is 0 Å². The second-order valence-corrected chi connectivity index (χ2v) is 6.72. The van der Waals surface area contributed by atoms with Crippen LogP contribution in [0.1, 0.15) is 58.3 Å². The van der Waals surface area contributed by atoms with E-state index in [1.807, 2.05) is 0 Å². The first-order valence-corrected chi connectivity index (χ1v) is 8.23. The topological polar surface area (TPSA) is 21.3 Å². The van der Waals surface area contributed by atoms with Crippen molar-refractivity contribution in [2.45, 2.75) is 70.4 Å². The molecular weight excluding hydrogens is 222 g/mol. The van der Waals surface area contributed by atoms with Crippen LogP contribution in [0.2, 0.25) is 0 Å². The van der Waals surface area contributed by atoms with Gasteiger partial charge in [0, 0.05) is 12.6 Å². The molecule has 5 unspecified atom stereocenters. The molecule has 3 rings (SSSR count). The summed E-state index contributed by atoms with van der Waals surface area (Å²) in [6, 6.07) is 0.653. The Balaban J connectivity index is 1.64. The maximum absolute atomic E-state index is 6.09. The van der Waals surface area contributed by atoms with Crippen LogP contribution in [0.5, 0.6) is 0 Å². The molecule has 1 heterocycles. The highest BCUT2D eigenvalue weighted by Gasteiger charge is 2.45. The summed E-state index contributed by atoms with van der Waals surface area (Å²) in [5.74, 6) is 2.97. The van der Waals surface area contributed by atoms with Gasteiger partial charge in [-0.05, 0) is 69.2 Å². The van der Waals surface area contributed by atoms with Gasteiger partial charge in [-0.3, -0.25) is 0 Å². The maximum atomic E-state index is 6.09. The molecule has 0 radical (unpaired) electrons. The Bertz CT molecular complexity index is 262. The first-order chi connectivity index (χ1) is 8.88. The predicted molar refractivity (Wildman–Crippen MR) is 74.6 cm³/mol. The van der Waals surface area contributed by atoms with Crippen molar-refractivity contribution >= 4 is 0 Å². The SMILES string of the molecule is CCCNC(C1CCCCO1)C1CC2CCC1C2. The molecule has 1 saturated heterocycles. The van der Waals surface area contributed by atoms with Crippen LogP contribution in [0.15, 0.2) is 0 Å². The smallest absolute Gasteiger partial charge is 0.0730 e. The summed E-state index contributed by atoms with van der Waals surface area (Å²) < 4.78 is 6.09. The first-order valence-electron chi connectivity index (χ1n) is 8.23. The van der Waals surface area contributed by atoms with Gasteiger partial charge in [0.1, 0.15) is 0 Å². The van der Waals surface area contributed by atoms with Crippen LogP contribution in [0.4, 0.5) is 0 Å². The van der Waals surface area contributed by atoms with E-state index in [2.05, 4.69) is 12.2 Å². The lowest BCUT2D eigenvalue weighted by atomic mass is 9.79. The molecule has 2 saturated carbocycles. The highest BCUT2D eigenvalue weighted by molar-refractivity contribution is 4.98. The fraction of sp³-hybridized carbons (Fsp3) is 1.00. The van der Waals surface area contributed by atoms with Crippen molar-refractivity contribution in [2.75, 3.05) is 13.2 Å². The molecule has 2 nitrogen and oxygen atoms in total. The normalized spacial score (nSPS) is 41.2. The lowest BCUT2D eigenvalue weighted by molar-refractivity contribution is -0.0275. The minimum atomic E-state index is 0.509. The second-order valence-electron chi connectivity index (χ2n) is 6.72. The molecule has 2 aliphatic carbocycles. The van der Waals surface area contributed by atoms with Gasteiger partial charge < -0.3 is 10.1 Å². The molecule has 1 N–H and O–H groups in total. The number of fused-ring (bicyclic) bond motifs is 2. The van der Waals surface area contributed by atoms with E-state index in [0.717, 1.165) is 24.4 Å². The summed E-state index contributed by atoms with van der Waals surface area (Å²) in [6.07, 6.45) is 11.7. The molecule has 18 heavy (non-hydrogen) atoms. The molecule has 3 fully saturated rings. The van der Waals surface area contributed by atoms with Crippen LogP contribution >= 0.6 is 0 Å². The molecule has 5 atom stereocenters. The van der Waals surface area contributed by atoms with Gasteiger partial charge in [-0.25, -0.2) is 0 Å². The minimum Gasteiger partial charge on any atom is -0.377 e. The van der Waals surface area contributed by atoms with E-state index < -0.39 is 0 Å². The van der Waals surface area contributed by atoms with Crippen LogP contribution in [0.25, 0.3) is 0 Å². The third kappa shape index (κ3) is 2.60. The average Bonchev–Trinajstić information content (AvgIpc) is 3.03. The van der Waals surface area contributed by atoms with Crippen molar-refractivity contribution in [2.24, 2.45) is 17.8 Å². The fourth-order valence-corrected chi connectivity index (χ4v) is 4.65. The molecule has 0 spiro atoms. The molecule has 0 aromatic rings. The van der Waals surface area contributed by atoms with Crippen molar-refractivity contribution in [3.8, 4) is 0 Å². The third-order valence-corrected chi connectivity index (χ3v) is 5.50. The lowest BCUT2D eigenvalue weighted by Crippen LogP contribution is -2.49. The second kappa shape index (κ2) is 5.92. The fourth-order valence-electron chi connectivity index (χ4n) is 4.65. The highest BCUT2D eigenvalue weighted by atomic mass is 16.5. The van der Waals surface area contributed by atoms with Crippen LogP contribution in [-0.4, -0.2) is 25.3 Å². The Hall–Kier alpha value is -0.0800. The number of hydrogen-bond donors (Lipinski definition) is 1. The zero-order chi connectivity index (χ0) is 12.4. The number of rotatable bonds is 5. The van der Waals surface area contributed by atoms with Gasteiger partial charge >= 0.3 is 0 Å². The summed E-state index contributed by atoms with van der Waals surface area (Å²) in [6.45, 7) is 4.43. The average molecular weight is 251 g/mol. The molecule has 2 bridgehead atoms. The summed E-state index contributed by atoms with van der Waals surface area (Å²) in [7, 11) is 0. The summed E-state index contributed by atoms with van der Waals surface area (Å²) in [4.78, 5) is 0. The Kier molecular flexibility index (Phi) is 4.25. The largest absolute Gasteiger partial charge is 0.377 e. The van der Waals surface area contributed by atoms with Gasteiger partial charge in [0.15, 0.2) is 0 Å². The van der Waals surface area contributed by atoms with Gasteiger partial charge in [0.05, 0.1) is 6.10 Å². The van der Waals surface area contributed by atoms with Crippen molar-refractivity contribution in [3.05, 3.63) is 0 Å². The van der Waals surface area contributed by atoms with Crippen LogP contribution in [-0.2, 0) is 4.74 Å². The van der Waals surface area contributed by atoms with Gasteiger partial charge in [-0.2, -0.15) is 0 Å². The third-order valence-electron chi connectivity index (χ3n) is 5.50. The van der Waals surface area contributed by atoms with E-state index in [4.69, 9.17) is 4.74 Å². The van der Waals surface area contributed by atoms with Gasteiger partial charge in [-0.1, -0.05) is 13.3 Å². The van der Waals surface area contributed by atoms with E-state index in [-0.39, 0.29) is 0 Å². The predicted octanol–water partition coefficient (Wildman–Crippen LogP) is 3.36. The van der Waals surface area contributed by atoms with Crippen LogP contribution < -0.4 is 5.32 Å². The van der Waals surface area contributed by atoms with E-state index in [1.54, 1.807) is 0 Å². The summed E-state index contributed by atoms with van der Waals surface area (Å²) >= 11 is 0. The van der Waals surface area contributed by atoms with Crippen molar-refractivity contribution in [3.63, 3.8) is 0 Å². The standard InChI is InChI=1S/C16H29NO/c1-2-8-17-16(15-5-3-4-9-18-15)14-11-12-6-7-13(14)10-12/h12-17H,2-11H2,1H3. The zero-order valence-electron chi connectivity index (χ0n) is 11.9. The number of hydrogen-bond acceptors (Lipinski definition) is 2. The first kappa shape index (κ1) is 12.9. The molecule has 3 aliphatic rings. The van der Waals surface area contributed by atoms with E-state index in [9.17, 15) is 0 Å². The number of ether oxygens (including phenoxy) is 1. The molecule has 0 aromatic heterocycles. The quantitative estimate of drug-likeness (QED) is 0.809. The Labute approximate surface area is 112 Å². The molecule has 0 aromatic carbocycles. The minimum absolute atomic E-state index is 0.509. The molecule has 104 valence electrons. The van der Waals surface area contributed by atoms with E-state index in [0.29, 0.717) is 12.1 Å². The highest BCUT2D eigenvalue weighted by Crippen LogP contribution is 2.50. The Morgan fingerprint density at radius 2 is 2.11 bits per heavy atom. The molecule has 1 aliphatic heterocycles. The Morgan fingerprint density at radius 1 is 1.17 bits per heavy atom. The zero-order valence-corrected chi connectivity index (χ0v) is 11.9. The summed E-state index contributed by atoms with van der Waals surface area (Å²) in [5.41, 5.74) is 0. The lowest BCUT2D eigenvalue weighted by Gasteiger charge is -2.38.